The fourth-order valence-corrected chi connectivity index (χ4v) is 3.29. The predicted molar refractivity (Wildman–Crippen MR) is 109 cm³/mol. The van der Waals surface area contributed by atoms with Crippen molar-refractivity contribution in [3.8, 4) is 17.2 Å². The van der Waals surface area contributed by atoms with E-state index < -0.39 is 0 Å². The summed E-state index contributed by atoms with van der Waals surface area (Å²) in [6.45, 7) is 2.63. The van der Waals surface area contributed by atoms with Crippen LogP contribution in [0.1, 0.15) is 22.2 Å². The van der Waals surface area contributed by atoms with E-state index in [0.29, 0.717) is 34.3 Å². The molecule has 1 atom stereocenters. The molecule has 0 aliphatic carbocycles. The molecule has 1 saturated heterocycles. The number of nitrogens with zero attached hydrogens (tertiary/aromatic N) is 3. The number of aromatic nitrogens is 2. The molecule has 4 rings (SSSR count). The Kier molecular flexibility index (Phi) is 5.55. The van der Waals surface area contributed by atoms with Gasteiger partial charge in [0.25, 0.3) is 11.8 Å². The van der Waals surface area contributed by atoms with E-state index in [1.807, 2.05) is 31.3 Å². The molecule has 29 heavy (non-hydrogen) atoms. The number of hydrogen-bond donors (Lipinski definition) is 2. The first-order valence-corrected chi connectivity index (χ1v) is 9.45. The van der Waals surface area contributed by atoms with Gasteiger partial charge in [-0.2, -0.15) is 4.98 Å². The monoisotopic (exact) mass is 393 g/mol. The maximum absolute atomic E-state index is 12.7. The van der Waals surface area contributed by atoms with Gasteiger partial charge in [-0.15, -0.1) is 0 Å². The van der Waals surface area contributed by atoms with E-state index in [2.05, 4.69) is 25.7 Å². The Morgan fingerprint density at radius 1 is 1.24 bits per heavy atom. The summed E-state index contributed by atoms with van der Waals surface area (Å²) in [7, 11) is 3.63. The van der Waals surface area contributed by atoms with Crippen molar-refractivity contribution in [2.24, 2.45) is 0 Å². The van der Waals surface area contributed by atoms with Crippen LogP contribution >= 0.6 is 0 Å². The molecule has 0 radical (unpaired) electrons. The van der Waals surface area contributed by atoms with Crippen molar-refractivity contribution in [1.82, 2.24) is 20.4 Å². The van der Waals surface area contributed by atoms with Gasteiger partial charge in [0.1, 0.15) is 5.75 Å². The third kappa shape index (κ3) is 4.13. The van der Waals surface area contributed by atoms with Crippen LogP contribution in [-0.4, -0.2) is 54.7 Å². The number of nitrogens with one attached hydrogen (secondary N) is 2. The van der Waals surface area contributed by atoms with E-state index in [4.69, 9.17) is 9.26 Å². The van der Waals surface area contributed by atoms with E-state index in [0.717, 1.165) is 19.6 Å². The molecule has 0 spiro atoms. The van der Waals surface area contributed by atoms with E-state index in [-0.39, 0.29) is 11.9 Å². The molecule has 2 heterocycles. The van der Waals surface area contributed by atoms with Gasteiger partial charge in [0.2, 0.25) is 0 Å². The Morgan fingerprint density at radius 3 is 2.79 bits per heavy atom. The van der Waals surface area contributed by atoms with Crippen LogP contribution in [0.4, 0.5) is 5.69 Å². The average molecular weight is 393 g/mol. The van der Waals surface area contributed by atoms with Crippen LogP contribution < -0.4 is 15.4 Å². The lowest BCUT2D eigenvalue weighted by molar-refractivity contribution is 0.102. The van der Waals surface area contributed by atoms with Crippen LogP contribution in [-0.2, 0) is 0 Å². The highest BCUT2D eigenvalue weighted by molar-refractivity contribution is 6.06. The summed E-state index contributed by atoms with van der Waals surface area (Å²) < 4.78 is 10.7. The molecular weight excluding hydrogens is 370 g/mol. The van der Waals surface area contributed by atoms with Crippen LogP contribution in [0.3, 0.4) is 0 Å². The Labute approximate surface area is 168 Å². The van der Waals surface area contributed by atoms with Gasteiger partial charge in [0.15, 0.2) is 5.82 Å². The molecule has 8 heteroatoms. The number of rotatable bonds is 5. The number of hydrogen-bond acceptors (Lipinski definition) is 7. The van der Waals surface area contributed by atoms with E-state index in [9.17, 15) is 4.79 Å². The summed E-state index contributed by atoms with van der Waals surface area (Å²) >= 11 is 0. The lowest BCUT2D eigenvalue weighted by atomic mass is 10.1. The van der Waals surface area contributed by atoms with Gasteiger partial charge in [0.05, 0.1) is 24.4 Å². The van der Waals surface area contributed by atoms with E-state index >= 15 is 0 Å². The first-order valence-electron chi connectivity index (χ1n) is 9.45. The van der Waals surface area contributed by atoms with Crippen LogP contribution in [0, 0.1) is 0 Å². The summed E-state index contributed by atoms with van der Waals surface area (Å²) in [5.41, 5.74) is 1.82. The number of anilines is 1. The largest absolute Gasteiger partial charge is 0.497 e. The number of carbonyl (C=O) groups is 1. The molecule has 0 saturated carbocycles. The zero-order valence-electron chi connectivity index (χ0n) is 16.4. The molecule has 1 fully saturated rings. The molecule has 150 valence electrons. The second-order valence-electron chi connectivity index (χ2n) is 6.89. The number of ether oxygens (including phenoxy) is 1. The Hall–Kier alpha value is -3.23. The van der Waals surface area contributed by atoms with Crippen molar-refractivity contribution >= 4 is 11.6 Å². The molecule has 1 amide bonds. The summed E-state index contributed by atoms with van der Waals surface area (Å²) in [6, 6.07) is 14.4. The Balaban J connectivity index is 1.56. The van der Waals surface area contributed by atoms with Gasteiger partial charge in [-0.3, -0.25) is 9.69 Å². The molecule has 2 N–H and O–H groups in total. The van der Waals surface area contributed by atoms with Gasteiger partial charge >= 0.3 is 0 Å². The minimum Gasteiger partial charge on any atom is -0.497 e. The number of benzene rings is 2. The van der Waals surface area contributed by atoms with Crippen LogP contribution in [0.15, 0.2) is 53.1 Å². The fraction of sp³-hybridized carbons (Fsp3) is 0.286. The van der Waals surface area contributed by atoms with Crippen LogP contribution in [0.2, 0.25) is 0 Å². The number of piperazine rings is 1. The zero-order chi connectivity index (χ0) is 20.2. The number of amides is 1. The molecule has 8 nitrogen and oxygen atoms in total. The molecule has 1 aliphatic heterocycles. The van der Waals surface area contributed by atoms with Gasteiger partial charge in [-0.1, -0.05) is 17.3 Å². The molecule has 1 aliphatic rings. The van der Waals surface area contributed by atoms with Gasteiger partial charge in [-0.05, 0) is 43.4 Å². The third-order valence-electron chi connectivity index (χ3n) is 5.01. The van der Waals surface area contributed by atoms with Crippen molar-refractivity contribution in [2.75, 3.05) is 39.1 Å². The summed E-state index contributed by atoms with van der Waals surface area (Å²) in [5, 5.41) is 10.4. The van der Waals surface area contributed by atoms with Crippen LogP contribution in [0.5, 0.6) is 5.75 Å². The molecular formula is C21H23N5O3. The molecule has 0 bridgehead atoms. The summed E-state index contributed by atoms with van der Waals surface area (Å²) in [4.78, 5) is 19.4. The molecule has 1 aromatic heterocycles. The highest BCUT2D eigenvalue weighted by Crippen LogP contribution is 2.29. The Bertz CT molecular complexity index is 986. The van der Waals surface area contributed by atoms with Crippen molar-refractivity contribution in [2.45, 2.75) is 6.04 Å². The highest BCUT2D eigenvalue weighted by Gasteiger charge is 2.26. The van der Waals surface area contributed by atoms with Crippen molar-refractivity contribution in [3.63, 3.8) is 0 Å². The van der Waals surface area contributed by atoms with Crippen molar-refractivity contribution < 1.29 is 14.1 Å². The summed E-state index contributed by atoms with van der Waals surface area (Å²) in [6.07, 6.45) is 0. The lowest BCUT2D eigenvalue weighted by Gasteiger charge is -2.30. The van der Waals surface area contributed by atoms with Gasteiger partial charge in [0, 0.05) is 25.2 Å². The predicted octanol–water partition coefficient (Wildman–Crippen LogP) is 2.57. The number of methoxy groups -OCH3 is 1. The standard InChI is InChI=1S/C21H23N5O3/c1-26-12-11-22-13-18(26)19-24-21(29-25-19)16-5-3-4-6-17(16)23-20(27)14-7-9-15(28-2)10-8-14/h3-10,18,22H,11-13H2,1-2H3,(H,23,27). The normalized spacial score (nSPS) is 17.1. The maximum Gasteiger partial charge on any atom is 0.260 e. The van der Waals surface area contributed by atoms with Crippen molar-refractivity contribution in [3.05, 3.63) is 59.9 Å². The smallest absolute Gasteiger partial charge is 0.260 e. The minimum atomic E-state index is -0.226. The van der Waals surface area contributed by atoms with Gasteiger partial charge < -0.3 is 19.9 Å². The second kappa shape index (κ2) is 8.42. The number of carbonyl (C=O) groups excluding carboxylic acids is 1. The number of para-hydroxylation sites is 1. The number of likely N-dealkylation sites (N-methyl/N-ethyl adjacent to an activating group) is 1. The maximum atomic E-state index is 12.7. The molecule has 3 aromatic rings. The topological polar surface area (TPSA) is 92.5 Å². The van der Waals surface area contributed by atoms with Crippen molar-refractivity contribution in [1.29, 1.82) is 0 Å². The first kappa shape index (κ1) is 19.1. The first-order chi connectivity index (χ1) is 14.2. The minimum absolute atomic E-state index is 0.0577. The fourth-order valence-electron chi connectivity index (χ4n) is 3.29. The highest BCUT2D eigenvalue weighted by atomic mass is 16.5. The molecule has 1 unspecified atom stereocenters. The third-order valence-corrected chi connectivity index (χ3v) is 5.01. The quantitative estimate of drug-likeness (QED) is 0.688. The second-order valence-corrected chi connectivity index (χ2v) is 6.89. The summed E-state index contributed by atoms with van der Waals surface area (Å²) in [5.74, 6) is 1.48. The SMILES string of the molecule is COc1ccc(C(=O)Nc2ccccc2-c2nc(C3CNCCN3C)no2)cc1. The lowest BCUT2D eigenvalue weighted by Crippen LogP contribution is -2.44. The average Bonchev–Trinajstić information content (AvgIpc) is 3.24. The van der Waals surface area contributed by atoms with Crippen LogP contribution in [0.25, 0.3) is 11.5 Å². The van der Waals surface area contributed by atoms with E-state index in [1.165, 1.54) is 0 Å². The molecule has 2 aromatic carbocycles. The van der Waals surface area contributed by atoms with E-state index in [1.54, 1.807) is 31.4 Å². The Morgan fingerprint density at radius 2 is 2.03 bits per heavy atom. The zero-order valence-corrected chi connectivity index (χ0v) is 16.4. The van der Waals surface area contributed by atoms with Gasteiger partial charge in [-0.25, -0.2) is 0 Å².